The second-order valence-electron chi connectivity index (χ2n) is 4.31. The van der Waals surface area contributed by atoms with E-state index in [2.05, 4.69) is 35.6 Å². The quantitative estimate of drug-likeness (QED) is 0.732. The van der Waals surface area contributed by atoms with Crippen molar-refractivity contribution in [2.45, 2.75) is 52.9 Å². The van der Waals surface area contributed by atoms with Crippen LogP contribution in [0.4, 0.5) is 5.82 Å². The average molecular weight is 223 g/mol. The summed E-state index contributed by atoms with van der Waals surface area (Å²) in [5.41, 5.74) is 0. The Balaban J connectivity index is 2.59. The molecular weight excluding hydrogens is 198 g/mol. The highest BCUT2D eigenvalue weighted by Gasteiger charge is 2.07. The molecule has 0 fully saturated rings. The van der Waals surface area contributed by atoms with Crippen molar-refractivity contribution in [3.05, 3.63) is 12.0 Å². The van der Waals surface area contributed by atoms with E-state index in [-0.39, 0.29) is 0 Å². The van der Waals surface area contributed by atoms with Crippen molar-refractivity contribution in [2.24, 2.45) is 0 Å². The minimum atomic E-state index is 1.05. The Bertz CT molecular complexity index is 280. The summed E-state index contributed by atoms with van der Waals surface area (Å²) in [4.78, 5) is 10.3. The highest BCUT2D eigenvalue weighted by molar-refractivity contribution is 5.36. The van der Waals surface area contributed by atoms with Crippen molar-refractivity contribution in [2.75, 3.05) is 18.0 Å². The lowest BCUT2D eigenvalue weighted by Crippen LogP contribution is -2.25. The molecular formula is C13H25N3. The topological polar surface area (TPSA) is 31.9 Å². The van der Waals surface area contributed by atoms with Crippen LogP contribution in [0.2, 0.25) is 0 Å². The maximum atomic E-state index is 4.42. The van der Waals surface area contributed by atoms with Crippen LogP contribution in [0.15, 0.2) is 6.20 Å². The third-order valence-corrected chi connectivity index (χ3v) is 2.72. The van der Waals surface area contributed by atoms with E-state index in [4.69, 9.17) is 0 Å². The summed E-state index contributed by atoms with van der Waals surface area (Å²) >= 11 is 0. The Morgan fingerprint density at radius 2 is 1.94 bits per heavy atom. The zero-order chi connectivity index (χ0) is 11.8. The number of imidazole rings is 1. The van der Waals surface area contributed by atoms with Gasteiger partial charge in [0.05, 0.1) is 6.20 Å². The van der Waals surface area contributed by atoms with Crippen molar-refractivity contribution in [3.8, 4) is 0 Å². The smallest absolute Gasteiger partial charge is 0.126 e. The first kappa shape index (κ1) is 13.1. The number of hydrogen-bond donors (Lipinski definition) is 1. The Hall–Kier alpha value is -0.990. The molecule has 1 heterocycles. The van der Waals surface area contributed by atoms with E-state index in [1.165, 1.54) is 25.1 Å². The predicted molar refractivity (Wildman–Crippen MR) is 70.0 cm³/mol. The van der Waals surface area contributed by atoms with Crippen LogP contribution in [-0.4, -0.2) is 23.1 Å². The zero-order valence-corrected chi connectivity index (χ0v) is 10.9. The fourth-order valence-electron chi connectivity index (χ4n) is 1.85. The Kier molecular flexibility index (Phi) is 5.98. The Morgan fingerprint density at radius 3 is 2.56 bits per heavy atom. The highest BCUT2D eigenvalue weighted by atomic mass is 15.2. The molecule has 1 rings (SSSR count). The summed E-state index contributed by atoms with van der Waals surface area (Å²) in [6, 6.07) is 0. The predicted octanol–water partition coefficient (Wildman–Crippen LogP) is 3.38. The van der Waals surface area contributed by atoms with Crippen LogP contribution in [-0.2, 0) is 6.42 Å². The SMILES string of the molecule is CCCCN(CCC)c1cnc(CCC)[nH]1. The molecule has 0 radical (unpaired) electrons. The standard InChI is InChI=1S/C13H25N3/c1-4-7-10-16(9-6-3)13-11-14-12(15-13)8-5-2/h11H,4-10H2,1-3H3,(H,14,15). The third-order valence-electron chi connectivity index (χ3n) is 2.72. The van der Waals surface area contributed by atoms with Gasteiger partial charge in [0.1, 0.15) is 11.6 Å². The van der Waals surface area contributed by atoms with Crippen LogP contribution >= 0.6 is 0 Å². The summed E-state index contributed by atoms with van der Waals surface area (Å²) in [5, 5.41) is 0. The average Bonchev–Trinajstić information content (AvgIpc) is 2.73. The number of aromatic nitrogens is 2. The summed E-state index contributed by atoms with van der Waals surface area (Å²) in [6.07, 6.45) is 7.86. The minimum absolute atomic E-state index is 1.05. The molecule has 0 saturated heterocycles. The molecule has 3 heteroatoms. The minimum Gasteiger partial charge on any atom is -0.357 e. The summed E-state index contributed by atoms with van der Waals surface area (Å²) in [5.74, 6) is 2.31. The van der Waals surface area contributed by atoms with Crippen LogP contribution in [0.1, 0.15) is 52.3 Å². The van der Waals surface area contributed by atoms with Crippen LogP contribution in [0.5, 0.6) is 0 Å². The Morgan fingerprint density at radius 1 is 1.12 bits per heavy atom. The van der Waals surface area contributed by atoms with Gasteiger partial charge in [0.25, 0.3) is 0 Å². The molecule has 0 spiro atoms. The first-order valence-corrected chi connectivity index (χ1v) is 6.60. The molecule has 0 atom stereocenters. The van der Waals surface area contributed by atoms with E-state index in [1.807, 2.05) is 6.20 Å². The first-order valence-electron chi connectivity index (χ1n) is 6.60. The van der Waals surface area contributed by atoms with Gasteiger partial charge in [0.15, 0.2) is 0 Å². The second kappa shape index (κ2) is 7.31. The van der Waals surface area contributed by atoms with Gasteiger partial charge < -0.3 is 9.88 Å². The summed E-state index contributed by atoms with van der Waals surface area (Å²) < 4.78 is 0. The molecule has 16 heavy (non-hydrogen) atoms. The monoisotopic (exact) mass is 223 g/mol. The largest absolute Gasteiger partial charge is 0.357 e. The number of H-pyrrole nitrogens is 1. The molecule has 0 bridgehead atoms. The fourth-order valence-corrected chi connectivity index (χ4v) is 1.85. The van der Waals surface area contributed by atoms with Crippen molar-refractivity contribution in [1.29, 1.82) is 0 Å². The molecule has 0 aliphatic rings. The third kappa shape index (κ3) is 3.87. The molecule has 0 aliphatic heterocycles. The number of nitrogens with zero attached hydrogens (tertiary/aromatic N) is 2. The molecule has 1 aromatic heterocycles. The molecule has 0 aromatic carbocycles. The van der Waals surface area contributed by atoms with Crippen molar-refractivity contribution in [3.63, 3.8) is 0 Å². The summed E-state index contributed by atoms with van der Waals surface area (Å²) in [7, 11) is 0. The maximum Gasteiger partial charge on any atom is 0.126 e. The molecule has 0 aliphatic carbocycles. The van der Waals surface area contributed by atoms with E-state index in [9.17, 15) is 0 Å². The molecule has 92 valence electrons. The van der Waals surface area contributed by atoms with Gasteiger partial charge in [-0.1, -0.05) is 27.2 Å². The lowest BCUT2D eigenvalue weighted by molar-refractivity contribution is 0.696. The van der Waals surface area contributed by atoms with Crippen molar-refractivity contribution < 1.29 is 0 Å². The molecule has 0 saturated carbocycles. The molecule has 3 nitrogen and oxygen atoms in total. The number of aromatic amines is 1. The van der Waals surface area contributed by atoms with Crippen LogP contribution in [0.25, 0.3) is 0 Å². The molecule has 0 amide bonds. The van der Waals surface area contributed by atoms with Gasteiger partial charge in [-0.25, -0.2) is 4.98 Å². The van der Waals surface area contributed by atoms with E-state index in [0.717, 1.165) is 31.8 Å². The first-order chi connectivity index (χ1) is 7.81. The van der Waals surface area contributed by atoms with Gasteiger partial charge in [-0.05, 0) is 19.3 Å². The van der Waals surface area contributed by atoms with E-state index < -0.39 is 0 Å². The fraction of sp³-hybridized carbons (Fsp3) is 0.769. The second-order valence-corrected chi connectivity index (χ2v) is 4.31. The normalized spacial score (nSPS) is 10.7. The van der Waals surface area contributed by atoms with Crippen LogP contribution < -0.4 is 4.90 Å². The molecule has 1 N–H and O–H groups in total. The molecule has 1 aromatic rings. The number of aryl methyl sites for hydroxylation is 1. The van der Waals surface area contributed by atoms with Crippen molar-refractivity contribution >= 4 is 5.82 Å². The van der Waals surface area contributed by atoms with Gasteiger partial charge in [-0.3, -0.25) is 0 Å². The van der Waals surface area contributed by atoms with Gasteiger partial charge in [-0.2, -0.15) is 0 Å². The van der Waals surface area contributed by atoms with Gasteiger partial charge in [0.2, 0.25) is 0 Å². The maximum absolute atomic E-state index is 4.42. The number of anilines is 1. The number of unbranched alkanes of at least 4 members (excludes halogenated alkanes) is 1. The van der Waals surface area contributed by atoms with Gasteiger partial charge in [-0.15, -0.1) is 0 Å². The number of rotatable bonds is 8. The lowest BCUT2D eigenvalue weighted by atomic mass is 10.3. The van der Waals surface area contributed by atoms with Gasteiger partial charge in [0, 0.05) is 19.5 Å². The lowest BCUT2D eigenvalue weighted by Gasteiger charge is -2.21. The van der Waals surface area contributed by atoms with Crippen molar-refractivity contribution in [1.82, 2.24) is 9.97 Å². The van der Waals surface area contributed by atoms with E-state index in [1.54, 1.807) is 0 Å². The van der Waals surface area contributed by atoms with Crippen LogP contribution in [0, 0.1) is 0 Å². The number of nitrogens with one attached hydrogen (secondary N) is 1. The highest BCUT2D eigenvalue weighted by Crippen LogP contribution is 2.13. The van der Waals surface area contributed by atoms with Gasteiger partial charge >= 0.3 is 0 Å². The Labute approximate surface area is 99.3 Å². The van der Waals surface area contributed by atoms with E-state index >= 15 is 0 Å². The number of hydrogen-bond acceptors (Lipinski definition) is 2. The van der Waals surface area contributed by atoms with E-state index in [0.29, 0.717) is 0 Å². The zero-order valence-electron chi connectivity index (χ0n) is 10.9. The summed E-state index contributed by atoms with van der Waals surface area (Å²) in [6.45, 7) is 8.90. The molecule has 0 unspecified atom stereocenters. The van der Waals surface area contributed by atoms with Crippen LogP contribution in [0.3, 0.4) is 0 Å².